The van der Waals surface area contributed by atoms with E-state index in [1.54, 1.807) is 13.2 Å². The van der Waals surface area contributed by atoms with Crippen LogP contribution in [0.5, 0.6) is 5.88 Å². The number of nitrogens with zero attached hydrogens (tertiary/aromatic N) is 5. The quantitative estimate of drug-likeness (QED) is 0.341. The largest absolute Gasteiger partial charge is 0.477 e. The molecule has 2 rings (SSSR count). The van der Waals surface area contributed by atoms with Gasteiger partial charge < -0.3 is 15.0 Å². The Morgan fingerprint density at radius 1 is 1.36 bits per heavy atom. The number of aromatic nitrogens is 3. The molecular formula is C20H33IN6O. The minimum atomic E-state index is 0. The summed E-state index contributed by atoms with van der Waals surface area (Å²) < 4.78 is 7.61. The lowest BCUT2D eigenvalue weighted by Gasteiger charge is -2.22. The van der Waals surface area contributed by atoms with Crippen LogP contribution in [0, 0.1) is 0 Å². The Morgan fingerprint density at radius 3 is 2.75 bits per heavy atom. The summed E-state index contributed by atoms with van der Waals surface area (Å²) in [6.07, 6.45) is 4.79. The molecule has 0 unspecified atom stereocenters. The topological polar surface area (TPSA) is 67.6 Å². The van der Waals surface area contributed by atoms with E-state index in [0.29, 0.717) is 24.9 Å². The summed E-state index contributed by atoms with van der Waals surface area (Å²) in [5.74, 6) is 1.89. The Balaban J connectivity index is 0.00000392. The smallest absolute Gasteiger partial charge is 0.218 e. The number of aliphatic imine (C=N–C) groups is 1. The number of halogens is 1. The minimum Gasteiger partial charge on any atom is -0.477 e. The highest BCUT2D eigenvalue weighted by Gasteiger charge is 2.15. The summed E-state index contributed by atoms with van der Waals surface area (Å²) >= 11 is 0. The molecule has 0 aromatic carbocycles. The first-order valence-corrected chi connectivity index (χ1v) is 9.47. The molecule has 0 bridgehead atoms. The zero-order valence-corrected chi connectivity index (χ0v) is 20.1. The van der Waals surface area contributed by atoms with Crippen LogP contribution in [0.3, 0.4) is 0 Å². The summed E-state index contributed by atoms with van der Waals surface area (Å²) in [6, 6.07) is 3.95. The molecule has 0 saturated carbocycles. The van der Waals surface area contributed by atoms with Crippen LogP contribution >= 0.6 is 24.0 Å². The van der Waals surface area contributed by atoms with Crippen LogP contribution < -0.4 is 10.1 Å². The zero-order valence-electron chi connectivity index (χ0n) is 17.8. The number of rotatable bonds is 8. The number of aryl methyl sites for hydroxylation is 1. The standard InChI is InChI=1S/C20H32N6O.HI/c1-7-11-27-19-16(9-8-10-22-19)12-23-20(21-4)25(5)13-17-14-26(6)24-18(17)15(2)3;/h8-10,14-15H,7,11-13H2,1-6H3,(H,21,23);1H. The summed E-state index contributed by atoms with van der Waals surface area (Å²) in [5, 5.41) is 7.99. The average Bonchev–Trinajstić information content (AvgIpc) is 3.01. The predicted octanol–water partition coefficient (Wildman–Crippen LogP) is 3.55. The molecule has 0 saturated heterocycles. The highest BCUT2D eigenvalue weighted by Crippen LogP contribution is 2.19. The second-order valence-electron chi connectivity index (χ2n) is 6.94. The molecule has 156 valence electrons. The highest BCUT2D eigenvalue weighted by molar-refractivity contribution is 14.0. The molecule has 0 aliphatic rings. The number of pyridine rings is 1. The van der Waals surface area contributed by atoms with Crippen LogP contribution in [0.15, 0.2) is 29.5 Å². The molecule has 0 aliphatic heterocycles. The first-order chi connectivity index (χ1) is 13.0. The van der Waals surface area contributed by atoms with Crippen molar-refractivity contribution in [1.82, 2.24) is 25.0 Å². The number of hydrogen-bond acceptors (Lipinski definition) is 4. The molecule has 0 fully saturated rings. The van der Waals surface area contributed by atoms with Crippen molar-refractivity contribution in [3.8, 4) is 5.88 Å². The monoisotopic (exact) mass is 500 g/mol. The van der Waals surface area contributed by atoms with Gasteiger partial charge >= 0.3 is 0 Å². The van der Waals surface area contributed by atoms with Crippen molar-refractivity contribution in [2.24, 2.45) is 12.0 Å². The van der Waals surface area contributed by atoms with E-state index < -0.39 is 0 Å². The van der Waals surface area contributed by atoms with Gasteiger partial charge in [-0.25, -0.2) is 4.98 Å². The molecule has 1 N–H and O–H groups in total. The van der Waals surface area contributed by atoms with E-state index in [9.17, 15) is 0 Å². The van der Waals surface area contributed by atoms with Gasteiger partial charge in [-0.3, -0.25) is 9.67 Å². The Kier molecular flexibility index (Phi) is 10.3. The second kappa shape index (κ2) is 11.9. The van der Waals surface area contributed by atoms with Crippen LogP contribution in [0.1, 0.15) is 49.9 Å². The number of nitrogens with one attached hydrogen (secondary N) is 1. The molecule has 2 aromatic rings. The molecule has 7 nitrogen and oxygen atoms in total. The summed E-state index contributed by atoms with van der Waals surface area (Å²) in [7, 11) is 5.79. The van der Waals surface area contributed by atoms with Crippen molar-refractivity contribution in [1.29, 1.82) is 0 Å². The van der Waals surface area contributed by atoms with Gasteiger partial charge in [0, 0.05) is 57.8 Å². The maximum Gasteiger partial charge on any atom is 0.218 e. The highest BCUT2D eigenvalue weighted by atomic mass is 127. The molecule has 2 aromatic heterocycles. The van der Waals surface area contributed by atoms with Crippen LogP contribution in [-0.4, -0.2) is 46.3 Å². The van der Waals surface area contributed by atoms with Crippen molar-refractivity contribution < 1.29 is 4.74 Å². The van der Waals surface area contributed by atoms with E-state index in [1.165, 1.54) is 5.56 Å². The van der Waals surface area contributed by atoms with E-state index in [2.05, 4.69) is 52.3 Å². The van der Waals surface area contributed by atoms with Crippen molar-refractivity contribution in [2.75, 3.05) is 20.7 Å². The van der Waals surface area contributed by atoms with Crippen molar-refractivity contribution in [3.05, 3.63) is 41.3 Å². The van der Waals surface area contributed by atoms with Crippen LogP contribution in [0.4, 0.5) is 0 Å². The van der Waals surface area contributed by atoms with Gasteiger partial charge in [-0.2, -0.15) is 5.10 Å². The Labute approximate surface area is 185 Å². The molecule has 2 heterocycles. The number of ether oxygens (including phenoxy) is 1. The molecule has 0 radical (unpaired) electrons. The van der Waals surface area contributed by atoms with Gasteiger partial charge in [-0.1, -0.05) is 26.8 Å². The minimum absolute atomic E-state index is 0. The van der Waals surface area contributed by atoms with Gasteiger partial charge in [0.2, 0.25) is 5.88 Å². The SMILES string of the molecule is CCCOc1ncccc1CNC(=NC)N(C)Cc1cn(C)nc1C(C)C.I. The van der Waals surface area contributed by atoms with Crippen LogP contribution in [-0.2, 0) is 20.1 Å². The summed E-state index contributed by atoms with van der Waals surface area (Å²) in [5.41, 5.74) is 3.36. The normalized spacial score (nSPS) is 11.3. The molecule has 0 amide bonds. The molecule has 0 atom stereocenters. The molecule has 0 aliphatic carbocycles. The van der Waals surface area contributed by atoms with E-state index in [-0.39, 0.29) is 24.0 Å². The lowest BCUT2D eigenvalue weighted by molar-refractivity contribution is 0.301. The maximum absolute atomic E-state index is 5.74. The van der Waals surface area contributed by atoms with Crippen molar-refractivity contribution in [2.45, 2.75) is 46.2 Å². The summed E-state index contributed by atoms with van der Waals surface area (Å²) in [6.45, 7) is 8.43. The average molecular weight is 500 g/mol. The number of hydrogen-bond donors (Lipinski definition) is 1. The molecule has 0 spiro atoms. The van der Waals surface area contributed by atoms with E-state index >= 15 is 0 Å². The van der Waals surface area contributed by atoms with E-state index in [1.807, 2.05) is 30.9 Å². The molecular weight excluding hydrogens is 467 g/mol. The Bertz CT molecular complexity index is 759. The molecule has 8 heteroatoms. The first-order valence-electron chi connectivity index (χ1n) is 9.47. The predicted molar refractivity (Wildman–Crippen MR) is 124 cm³/mol. The van der Waals surface area contributed by atoms with Gasteiger partial charge in [-0.15, -0.1) is 24.0 Å². The van der Waals surface area contributed by atoms with Crippen LogP contribution in [0.2, 0.25) is 0 Å². The third-order valence-corrected chi connectivity index (χ3v) is 4.19. The van der Waals surface area contributed by atoms with E-state index in [4.69, 9.17) is 4.74 Å². The zero-order chi connectivity index (χ0) is 19.8. The lowest BCUT2D eigenvalue weighted by atomic mass is 10.1. The fourth-order valence-corrected chi connectivity index (χ4v) is 2.94. The van der Waals surface area contributed by atoms with Gasteiger partial charge in [-0.05, 0) is 18.4 Å². The van der Waals surface area contributed by atoms with Crippen molar-refractivity contribution in [3.63, 3.8) is 0 Å². The Hall–Kier alpha value is -1.84. The van der Waals surface area contributed by atoms with Gasteiger partial charge in [0.1, 0.15) is 0 Å². The maximum atomic E-state index is 5.74. The van der Waals surface area contributed by atoms with Crippen molar-refractivity contribution >= 4 is 29.9 Å². The summed E-state index contributed by atoms with van der Waals surface area (Å²) in [4.78, 5) is 10.9. The van der Waals surface area contributed by atoms with Gasteiger partial charge in [0.25, 0.3) is 0 Å². The van der Waals surface area contributed by atoms with Crippen LogP contribution in [0.25, 0.3) is 0 Å². The fraction of sp³-hybridized carbons (Fsp3) is 0.550. The lowest BCUT2D eigenvalue weighted by Crippen LogP contribution is -2.38. The van der Waals surface area contributed by atoms with E-state index in [0.717, 1.165) is 30.2 Å². The number of guanidine groups is 1. The van der Waals surface area contributed by atoms with Gasteiger partial charge in [0.15, 0.2) is 5.96 Å². The first kappa shape index (κ1) is 24.2. The Morgan fingerprint density at radius 2 is 2.11 bits per heavy atom. The molecule has 28 heavy (non-hydrogen) atoms. The third-order valence-electron chi connectivity index (χ3n) is 4.19. The fourth-order valence-electron chi connectivity index (χ4n) is 2.94. The third kappa shape index (κ3) is 6.65. The second-order valence-corrected chi connectivity index (χ2v) is 6.94. The van der Waals surface area contributed by atoms with Gasteiger partial charge in [0.05, 0.1) is 12.3 Å².